The highest BCUT2D eigenvalue weighted by Gasteiger charge is 2.51. The van der Waals surface area contributed by atoms with E-state index in [9.17, 15) is 31.1 Å². The van der Waals surface area contributed by atoms with Crippen LogP contribution in [0.2, 0.25) is 0 Å². The average Bonchev–Trinajstić information content (AvgIpc) is 2.48. The highest BCUT2D eigenvalue weighted by molar-refractivity contribution is 6.06. The monoisotopic (exact) mass is 358 g/mol. The number of carbonyl (C=O) groups is 1. The van der Waals surface area contributed by atoms with Gasteiger partial charge in [0.05, 0.1) is 21.3 Å². The highest BCUT2D eigenvalue weighted by Crippen LogP contribution is 2.40. The fraction of sp³-hybridized carbons (Fsp3) is 0.357. The van der Waals surface area contributed by atoms with Gasteiger partial charge in [0.2, 0.25) is 5.75 Å². The third kappa shape index (κ3) is 4.33. The maximum absolute atomic E-state index is 12.5. The number of allylic oxidation sites excluding steroid dienone is 2. The molecule has 0 fully saturated rings. The van der Waals surface area contributed by atoms with Crippen LogP contribution in [0.25, 0.3) is 0 Å². The summed E-state index contributed by atoms with van der Waals surface area (Å²) in [4.78, 5) is 11.9. The second-order valence-corrected chi connectivity index (χ2v) is 4.33. The molecule has 0 N–H and O–H groups in total. The summed E-state index contributed by atoms with van der Waals surface area (Å²) in [7, 11) is 3.60. The molecule has 0 aromatic heterocycles. The average molecular weight is 358 g/mol. The minimum atomic E-state index is -5.73. The van der Waals surface area contributed by atoms with E-state index < -0.39 is 35.3 Å². The van der Waals surface area contributed by atoms with Crippen molar-refractivity contribution in [3.05, 3.63) is 29.3 Å². The number of alkyl halides is 6. The molecule has 0 spiro atoms. The van der Waals surface area contributed by atoms with Crippen molar-refractivity contribution < 1.29 is 45.3 Å². The lowest BCUT2D eigenvalue weighted by Crippen LogP contribution is -2.27. The molecule has 1 aromatic rings. The molecule has 0 amide bonds. The van der Waals surface area contributed by atoms with Gasteiger partial charge in [-0.2, -0.15) is 26.3 Å². The summed E-state index contributed by atoms with van der Waals surface area (Å²) < 4.78 is 89.7. The first kappa shape index (κ1) is 19.7. The van der Waals surface area contributed by atoms with Gasteiger partial charge in [0.25, 0.3) is 0 Å². The number of ketones is 1. The summed E-state index contributed by atoms with van der Waals surface area (Å²) in [6, 6.07) is 1.90. The molecule has 1 aromatic carbocycles. The Morgan fingerprint density at radius 2 is 1.29 bits per heavy atom. The molecule has 4 nitrogen and oxygen atoms in total. The molecular weight excluding hydrogens is 346 g/mol. The second kappa shape index (κ2) is 7.02. The molecule has 0 bridgehead atoms. The summed E-state index contributed by atoms with van der Waals surface area (Å²) in [6.45, 7) is 0. The zero-order chi connectivity index (χ0) is 18.7. The van der Waals surface area contributed by atoms with E-state index in [1.165, 1.54) is 21.3 Å². The minimum Gasteiger partial charge on any atom is -0.493 e. The van der Waals surface area contributed by atoms with Crippen molar-refractivity contribution in [2.24, 2.45) is 0 Å². The molecule has 0 radical (unpaired) electrons. The summed E-state index contributed by atoms with van der Waals surface area (Å²) >= 11 is 0. The lowest BCUT2D eigenvalue weighted by molar-refractivity contribution is -0.171. The van der Waals surface area contributed by atoms with Crippen molar-refractivity contribution in [3.63, 3.8) is 0 Å². The SMILES string of the molecule is COc1cc(C(=O)C=C(C(F)(F)F)C(F)(F)F)cc(OC)c1OC. The molecule has 0 saturated heterocycles. The topological polar surface area (TPSA) is 44.8 Å². The number of hydrogen-bond donors (Lipinski definition) is 0. The van der Waals surface area contributed by atoms with Gasteiger partial charge in [0, 0.05) is 11.6 Å². The maximum Gasteiger partial charge on any atom is 0.421 e. The van der Waals surface area contributed by atoms with Crippen molar-refractivity contribution in [2.75, 3.05) is 21.3 Å². The Morgan fingerprint density at radius 3 is 1.58 bits per heavy atom. The molecule has 0 aliphatic carbocycles. The fourth-order valence-electron chi connectivity index (χ4n) is 1.76. The number of rotatable bonds is 5. The van der Waals surface area contributed by atoms with E-state index >= 15 is 0 Å². The highest BCUT2D eigenvalue weighted by atomic mass is 19.4. The third-order valence-corrected chi connectivity index (χ3v) is 2.84. The Morgan fingerprint density at radius 1 is 0.875 bits per heavy atom. The first-order valence-corrected chi connectivity index (χ1v) is 6.16. The van der Waals surface area contributed by atoms with E-state index in [1.54, 1.807) is 0 Å². The molecular formula is C14H12F6O4. The molecule has 134 valence electrons. The molecule has 0 unspecified atom stereocenters. The van der Waals surface area contributed by atoms with E-state index in [1.807, 2.05) is 0 Å². The molecule has 1 rings (SSSR count). The van der Waals surface area contributed by atoms with E-state index in [2.05, 4.69) is 0 Å². The van der Waals surface area contributed by atoms with E-state index in [4.69, 9.17) is 14.2 Å². The Kier molecular flexibility index (Phi) is 5.75. The summed E-state index contributed by atoms with van der Waals surface area (Å²) in [5.41, 5.74) is -3.40. The van der Waals surface area contributed by atoms with Crippen molar-refractivity contribution in [1.29, 1.82) is 0 Å². The van der Waals surface area contributed by atoms with E-state index in [0.717, 1.165) is 12.1 Å². The largest absolute Gasteiger partial charge is 0.493 e. The van der Waals surface area contributed by atoms with Crippen LogP contribution in [0.5, 0.6) is 17.2 Å². The number of methoxy groups -OCH3 is 3. The van der Waals surface area contributed by atoms with Crippen molar-refractivity contribution in [1.82, 2.24) is 0 Å². The number of carbonyl (C=O) groups excluding carboxylic acids is 1. The smallest absolute Gasteiger partial charge is 0.421 e. The van der Waals surface area contributed by atoms with Crippen LogP contribution in [0.1, 0.15) is 10.4 Å². The normalized spacial score (nSPS) is 11.7. The zero-order valence-corrected chi connectivity index (χ0v) is 12.6. The van der Waals surface area contributed by atoms with Crippen molar-refractivity contribution in [2.45, 2.75) is 12.4 Å². The van der Waals surface area contributed by atoms with Crippen LogP contribution in [0.15, 0.2) is 23.8 Å². The van der Waals surface area contributed by atoms with Gasteiger partial charge in [-0.05, 0) is 12.1 Å². The second-order valence-electron chi connectivity index (χ2n) is 4.33. The third-order valence-electron chi connectivity index (χ3n) is 2.84. The Balaban J connectivity index is 3.45. The van der Waals surface area contributed by atoms with Gasteiger partial charge in [-0.25, -0.2) is 0 Å². The minimum absolute atomic E-state index is 0.0346. The van der Waals surface area contributed by atoms with Gasteiger partial charge >= 0.3 is 12.4 Å². The summed E-state index contributed by atoms with van der Waals surface area (Å²) in [6.07, 6.45) is -12.0. The van der Waals surface area contributed by atoms with Crippen LogP contribution >= 0.6 is 0 Å². The van der Waals surface area contributed by atoms with Gasteiger partial charge in [-0.3, -0.25) is 4.79 Å². The zero-order valence-electron chi connectivity index (χ0n) is 12.6. The molecule has 0 aliphatic heterocycles. The van der Waals surface area contributed by atoms with Crippen LogP contribution in [0, 0.1) is 0 Å². The van der Waals surface area contributed by atoms with Gasteiger partial charge in [0.15, 0.2) is 17.3 Å². The molecule has 10 heteroatoms. The standard InChI is InChI=1S/C14H12F6O4/c1-22-9-4-7(5-10(23-2)12(9)24-3)8(21)6-11(13(15,16)17)14(18,19)20/h4-6H,1-3H3. The van der Waals surface area contributed by atoms with Crippen molar-refractivity contribution >= 4 is 5.78 Å². The molecule has 0 aliphatic rings. The molecule has 24 heavy (non-hydrogen) atoms. The van der Waals surface area contributed by atoms with Gasteiger partial charge in [-0.1, -0.05) is 0 Å². The van der Waals surface area contributed by atoms with Crippen LogP contribution in [-0.4, -0.2) is 39.5 Å². The molecule has 0 atom stereocenters. The predicted octanol–water partition coefficient (Wildman–Crippen LogP) is 3.95. The van der Waals surface area contributed by atoms with E-state index in [0.29, 0.717) is 0 Å². The quantitative estimate of drug-likeness (QED) is 0.454. The van der Waals surface area contributed by atoms with Crippen LogP contribution in [-0.2, 0) is 0 Å². The number of benzene rings is 1. The van der Waals surface area contributed by atoms with E-state index in [-0.39, 0.29) is 17.2 Å². The maximum atomic E-state index is 12.5. The molecule has 0 heterocycles. The molecule has 0 saturated carbocycles. The van der Waals surface area contributed by atoms with Gasteiger partial charge < -0.3 is 14.2 Å². The number of halogens is 6. The lowest BCUT2D eigenvalue weighted by atomic mass is 10.1. The van der Waals surface area contributed by atoms with Crippen LogP contribution in [0.4, 0.5) is 26.3 Å². The number of ether oxygens (including phenoxy) is 3. The van der Waals surface area contributed by atoms with Gasteiger partial charge in [-0.15, -0.1) is 0 Å². The van der Waals surface area contributed by atoms with Gasteiger partial charge in [0.1, 0.15) is 5.57 Å². The van der Waals surface area contributed by atoms with Crippen LogP contribution < -0.4 is 14.2 Å². The summed E-state index contributed by atoms with van der Waals surface area (Å²) in [5, 5.41) is 0. The Labute approximate surface area is 132 Å². The number of hydrogen-bond acceptors (Lipinski definition) is 4. The first-order chi connectivity index (χ1) is 11.0. The first-order valence-electron chi connectivity index (χ1n) is 6.16. The lowest BCUT2D eigenvalue weighted by Gasteiger charge is -2.15. The van der Waals surface area contributed by atoms with Crippen molar-refractivity contribution in [3.8, 4) is 17.2 Å². The Bertz CT molecular complexity index is 605. The predicted molar refractivity (Wildman–Crippen MR) is 70.6 cm³/mol. The Hall–Kier alpha value is -2.39. The summed E-state index contributed by atoms with van der Waals surface area (Å²) in [5.74, 6) is -1.66. The fourth-order valence-corrected chi connectivity index (χ4v) is 1.76. The van der Waals surface area contributed by atoms with Crippen LogP contribution in [0.3, 0.4) is 0 Å².